The van der Waals surface area contributed by atoms with Crippen molar-refractivity contribution in [1.29, 1.82) is 0 Å². The second-order valence-corrected chi connectivity index (χ2v) is 11.0. The predicted octanol–water partition coefficient (Wildman–Crippen LogP) is 6.45. The molecule has 1 heterocycles. The van der Waals surface area contributed by atoms with E-state index in [2.05, 4.69) is 20.8 Å². The minimum atomic E-state index is 0.554. The summed E-state index contributed by atoms with van der Waals surface area (Å²) >= 11 is 0. The Morgan fingerprint density at radius 3 is 2.37 bits per heavy atom. The van der Waals surface area contributed by atoms with Crippen molar-refractivity contribution in [3.63, 3.8) is 0 Å². The molecule has 0 spiro atoms. The van der Waals surface area contributed by atoms with Crippen LogP contribution in [0.25, 0.3) is 0 Å². The number of hydrogen-bond donors (Lipinski definition) is 0. The van der Waals surface area contributed by atoms with Crippen LogP contribution in [-0.4, -0.2) is 20.3 Å². The summed E-state index contributed by atoms with van der Waals surface area (Å²) in [4.78, 5) is 0. The third-order valence-electron chi connectivity index (χ3n) is 11.0. The lowest BCUT2D eigenvalue weighted by Crippen LogP contribution is -2.50. The molecule has 3 saturated carbocycles. The zero-order valence-corrected chi connectivity index (χ0v) is 19.4. The summed E-state index contributed by atoms with van der Waals surface area (Å²) in [7, 11) is 1.77. The lowest BCUT2D eigenvalue weighted by molar-refractivity contribution is -0.0576. The van der Waals surface area contributed by atoms with Gasteiger partial charge in [-0.2, -0.15) is 0 Å². The number of rotatable bonds is 3. The predicted molar refractivity (Wildman–Crippen MR) is 119 cm³/mol. The Hall–Kier alpha value is -1.38. The van der Waals surface area contributed by atoms with E-state index in [0.717, 1.165) is 36.0 Å². The first kappa shape index (κ1) is 19.3. The summed E-state index contributed by atoms with van der Waals surface area (Å²) in [6.45, 7) is 8.70. The van der Waals surface area contributed by atoms with Crippen molar-refractivity contribution in [3.8, 4) is 17.2 Å². The fourth-order valence-corrected chi connectivity index (χ4v) is 9.63. The van der Waals surface area contributed by atoms with Crippen molar-refractivity contribution in [2.75, 3.05) is 20.3 Å². The van der Waals surface area contributed by atoms with E-state index in [1.807, 2.05) is 0 Å². The van der Waals surface area contributed by atoms with Crippen molar-refractivity contribution in [2.24, 2.45) is 22.2 Å². The topological polar surface area (TPSA) is 27.7 Å². The maximum atomic E-state index is 6.26. The highest BCUT2D eigenvalue weighted by Gasteiger charge is 2.72. The molecule has 1 aromatic rings. The highest BCUT2D eigenvalue weighted by Crippen LogP contribution is 2.81. The van der Waals surface area contributed by atoms with E-state index in [4.69, 9.17) is 14.2 Å². The first-order valence-corrected chi connectivity index (χ1v) is 12.6. The van der Waals surface area contributed by atoms with Crippen molar-refractivity contribution in [1.82, 2.24) is 0 Å². The molecular formula is C27H38O3. The van der Waals surface area contributed by atoms with E-state index < -0.39 is 0 Å². The van der Waals surface area contributed by atoms with Gasteiger partial charge in [-0.25, -0.2) is 0 Å². The van der Waals surface area contributed by atoms with Gasteiger partial charge >= 0.3 is 0 Å². The quantitative estimate of drug-likeness (QED) is 0.573. The minimum absolute atomic E-state index is 0.554. The van der Waals surface area contributed by atoms with Gasteiger partial charge in [0.1, 0.15) is 13.2 Å². The molecule has 5 aliphatic rings. The second-order valence-electron chi connectivity index (χ2n) is 11.0. The summed E-state index contributed by atoms with van der Waals surface area (Å²) < 4.78 is 18.4. The van der Waals surface area contributed by atoms with Crippen LogP contribution in [0.3, 0.4) is 0 Å². The molecule has 0 saturated heterocycles. The molecule has 3 nitrogen and oxygen atoms in total. The van der Waals surface area contributed by atoms with Gasteiger partial charge in [0.05, 0.1) is 7.11 Å². The summed E-state index contributed by atoms with van der Waals surface area (Å²) in [6, 6.07) is 0. The highest BCUT2D eigenvalue weighted by atomic mass is 16.6. The van der Waals surface area contributed by atoms with Gasteiger partial charge in [-0.05, 0) is 97.9 Å². The first-order valence-electron chi connectivity index (χ1n) is 12.6. The van der Waals surface area contributed by atoms with Crippen LogP contribution in [0.5, 0.6) is 17.2 Å². The zero-order valence-electron chi connectivity index (χ0n) is 19.4. The third-order valence-corrected chi connectivity index (χ3v) is 11.0. The molecule has 0 amide bonds. The molecule has 3 heteroatoms. The Morgan fingerprint density at radius 2 is 1.70 bits per heavy atom. The lowest BCUT2D eigenvalue weighted by atomic mass is 9.46. The SMILES string of the molecule is CCc1c2c(OC)c(c3c1[C@H]1CC[C@]4(C)C5(CC)CCC4(CC5)[C@@H]1CC3)OCCO2. The number of fused-ring (bicyclic) bond motifs is 6. The number of ether oxygens (including phenoxy) is 3. The molecule has 0 radical (unpaired) electrons. The Labute approximate surface area is 181 Å². The fourth-order valence-electron chi connectivity index (χ4n) is 9.63. The minimum Gasteiger partial charge on any atom is -0.490 e. The van der Waals surface area contributed by atoms with Gasteiger partial charge in [-0.3, -0.25) is 0 Å². The van der Waals surface area contributed by atoms with Crippen LogP contribution in [0.1, 0.15) is 94.7 Å². The number of hydrogen-bond acceptors (Lipinski definition) is 3. The van der Waals surface area contributed by atoms with Crippen molar-refractivity contribution in [3.05, 3.63) is 16.7 Å². The van der Waals surface area contributed by atoms with Crippen LogP contribution in [-0.2, 0) is 12.8 Å². The molecule has 6 rings (SSSR count). The molecule has 1 aliphatic heterocycles. The zero-order chi connectivity index (χ0) is 20.7. The summed E-state index contributed by atoms with van der Waals surface area (Å²) in [5, 5.41) is 0. The van der Waals surface area contributed by atoms with Gasteiger partial charge in [-0.1, -0.05) is 20.8 Å². The monoisotopic (exact) mass is 410 g/mol. The molecule has 1 aromatic carbocycles. The van der Waals surface area contributed by atoms with Crippen molar-refractivity contribution < 1.29 is 14.2 Å². The van der Waals surface area contributed by atoms with E-state index in [1.165, 1.54) is 62.5 Å². The van der Waals surface area contributed by atoms with Gasteiger partial charge < -0.3 is 14.2 Å². The average Bonchev–Trinajstić information content (AvgIpc) is 3.10. The number of benzene rings is 1. The van der Waals surface area contributed by atoms with Crippen LogP contribution in [0.4, 0.5) is 0 Å². The molecule has 164 valence electrons. The molecule has 30 heavy (non-hydrogen) atoms. The third kappa shape index (κ3) is 1.99. The van der Waals surface area contributed by atoms with Gasteiger partial charge in [0.2, 0.25) is 5.75 Å². The average molecular weight is 411 g/mol. The molecule has 0 unspecified atom stereocenters. The standard InChI is InChI=1S/C27H38O3/c1-5-17-21-18-9-10-25(3)26(6-2)11-13-27(25,14-12-26)20(18)8-7-19(21)23-24(28-4)22(17)29-15-16-30-23/h18,20H,5-16H2,1-4H3/t18-,20+,25+,26?,27?/m0/s1. The summed E-state index contributed by atoms with van der Waals surface area (Å²) in [5.74, 6) is 4.35. The van der Waals surface area contributed by atoms with Gasteiger partial charge in [0.15, 0.2) is 11.5 Å². The Balaban J connectivity index is 1.52. The maximum Gasteiger partial charge on any atom is 0.203 e. The van der Waals surface area contributed by atoms with E-state index in [-0.39, 0.29) is 0 Å². The van der Waals surface area contributed by atoms with Gasteiger partial charge in [0, 0.05) is 11.1 Å². The number of methoxy groups -OCH3 is 1. The highest BCUT2D eigenvalue weighted by molar-refractivity contribution is 5.66. The molecule has 3 fully saturated rings. The van der Waals surface area contributed by atoms with Crippen LogP contribution in [0.2, 0.25) is 0 Å². The maximum absolute atomic E-state index is 6.26. The van der Waals surface area contributed by atoms with Gasteiger partial charge in [-0.15, -0.1) is 0 Å². The van der Waals surface area contributed by atoms with Crippen LogP contribution in [0.15, 0.2) is 0 Å². The summed E-state index contributed by atoms with van der Waals surface area (Å²) in [6.07, 6.45) is 13.5. The van der Waals surface area contributed by atoms with E-state index >= 15 is 0 Å². The van der Waals surface area contributed by atoms with Crippen molar-refractivity contribution in [2.45, 2.75) is 90.9 Å². The molecule has 3 atom stereocenters. The van der Waals surface area contributed by atoms with Crippen molar-refractivity contribution >= 4 is 0 Å². The molecular weight excluding hydrogens is 372 g/mol. The van der Waals surface area contributed by atoms with Crippen LogP contribution < -0.4 is 14.2 Å². The molecule has 0 N–H and O–H groups in total. The first-order chi connectivity index (χ1) is 14.6. The van der Waals surface area contributed by atoms with Crippen LogP contribution in [0, 0.1) is 22.2 Å². The summed E-state index contributed by atoms with van der Waals surface area (Å²) in [5.41, 5.74) is 6.23. The van der Waals surface area contributed by atoms with E-state index in [9.17, 15) is 0 Å². The largest absolute Gasteiger partial charge is 0.490 e. The fraction of sp³-hybridized carbons (Fsp3) is 0.778. The van der Waals surface area contributed by atoms with E-state index in [0.29, 0.717) is 35.4 Å². The Kier molecular flexibility index (Phi) is 4.07. The molecule has 0 aromatic heterocycles. The molecule has 4 bridgehead atoms. The van der Waals surface area contributed by atoms with Crippen LogP contribution >= 0.6 is 0 Å². The Bertz CT molecular complexity index is 852. The van der Waals surface area contributed by atoms with Gasteiger partial charge in [0.25, 0.3) is 0 Å². The normalized spacial score (nSPS) is 40.5. The lowest BCUT2D eigenvalue weighted by Gasteiger charge is -2.58. The second kappa shape index (κ2) is 6.33. The van der Waals surface area contributed by atoms with E-state index in [1.54, 1.807) is 12.7 Å². The smallest absolute Gasteiger partial charge is 0.203 e. The molecule has 4 aliphatic carbocycles. The Morgan fingerprint density at radius 1 is 0.967 bits per heavy atom.